The Labute approximate surface area is 148 Å². The van der Waals surface area contributed by atoms with Gasteiger partial charge in [-0.1, -0.05) is 72.8 Å². The van der Waals surface area contributed by atoms with Crippen LogP contribution in [0.25, 0.3) is 10.8 Å². The zero-order valence-corrected chi connectivity index (χ0v) is 14.2. The average molecular weight is 330 g/mol. The number of hydrogen-bond acceptors (Lipinski definition) is 1. The number of carbonyl (C=O) groups excluding carboxylic acids is 1. The Bertz CT molecular complexity index is 870. The smallest absolute Gasteiger partial charge is 0.317 e. The van der Waals surface area contributed by atoms with Crippen LogP contribution in [-0.4, -0.2) is 24.0 Å². The molecular weight excluding hydrogens is 308 g/mol. The van der Waals surface area contributed by atoms with Crippen LogP contribution in [0.5, 0.6) is 0 Å². The molecule has 0 aliphatic carbocycles. The van der Waals surface area contributed by atoms with Crippen LogP contribution in [0, 0.1) is 0 Å². The minimum atomic E-state index is 0.0337. The number of likely N-dealkylation sites (tertiary alicyclic amines) is 1. The molecule has 1 N–H and O–H groups in total. The number of hydrogen-bond donors (Lipinski definition) is 1. The van der Waals surface area contributed by atoms with E-state index >= 15 is 0 Å². The van der Waals surface area contributed by atoms with Gasteiger partial charge in [-0.05, 0) is 28.3 Å². The Hall–Kier alpha value is -2.81. The SMILES string of the molecule is O=C(NCc1cccc2ccccc12)N1CCC(c2ccccc2)C1. The summed E-state index contributed by atoms with van der Waals surface area (Å²) in [5, 5.41) is 5.50. The topological polar surface area (TPSA) is 32.3 Å². The first-order valence-electron chi connectivity index (χ1n) is 8.85. The lowest BCUT2D eigenvalue weighted by molar-refractivity contribution is 0.208. The van der Waals surface area contributed by atoms with Crippen molar-refractivity contribution in [3.8, 4) is 0 Å². The van der Waals surface area contributed by atoms with Crippen molar-refractivity contribution in [3.05, 3.63) is 83.9 Å². The van der Waals surface area contributed by atoms with E-state index in [0.717, 1.165) is 25.1 Å². The predicted octanol–water partition coefficient (Wildman–Crippen LogP) is 4.54. The third-order valence-electron chi connectivity index (χ3n) is 5.06. The molecule has 25 heavy (non-hydrogen) atoms. The van der Waals surface area contributed by atoms with Crippen LogP contribution in [0.4, 0.5) is 4.79 Å². The Morgan fingerprint density at radius 1 is 0.960 bits per heavy atom. The van der Waals surface area contributed by atoms with Crippen LogP contribution in [0.15, 0.2) is 72.8 Å². The van der Waals surface area contributed by atoms with Crippen LogP contribution >= 0.6 is 0 Å². The number of amides is 2. The maximum atomic E-state index is 12.5. The molecule has 1 saturated heterocycles. The minimum absolute atomic E-state index is 0.0337. The summed E-state index contributed by atoms with van der Waals surface area (Å²) in [5.41, 5.74) is 2.48. The van der Waals surface area contributed by atoms with E-state index in [-0.39, 0.29) is 6.03 Å². The third-order valence-corrected chi connectivity index (χ3v) is 5.06. The second-order valence-electron chi connectivity index (χ2n) is 6.64. The Balaban J connectivity index is 1.39. The molecule has 1 aliphatic rings. The molecule has 1 atom stereocenters. The van der Waals surface area contributed by atoms with Crippen LogP contribution < -0.4 is 5.32 Å². The molecule has 0 radical (unpaired) electrons. The molecule has 1 aliphatic heterocycles. The molecule has 1 unspecified atom stereocenters. The van der Waals surface area contributed by atoms with Gasteiger partial charge in [-0.25, -0.2) is 4.79 Å². The highest BCUT2D eigenvalue weighted by molar-refractivity contribution is 5.86. The van der Waals surface area contributed by atoms with Crippen LogP contribution in [0.2, 0.25) is 0 Å². The molecule has 0 bridgehead atoms. The summed E-state index contributed by atoms with van der Waals surface area (Å²) >= 11 is 0. The predicted molar refractivity (Wildman–Crippen MR) is 102 cm³/mol. The van der Waals surface area contributed by atoms with Gasteiger partial charge in [0.2, 0.25) is 0 Å². The van der Waals surface area contributed by atoms with Gasteiger partial charge in [0, 0.05) is 25.6 Å². The summed E-state index contributed by atoms with van der Waals surface area (Å²) in [6.45, 7) is 2.18. The van der Waals surface area contributed by atoms with Gasteiger partial charge in [0.1, 0.15) is 0 Å². The van der Waals surface area contributed by atoms with E-state index in [2.05, 4.69) is 53.8 Å². The zero-order valence-electron chi connectivity index (χ0n) is 14.2. The van der Waals surface area contributed by atoms with Gasteiger partial charge in [-0.15, -0.1) is 0 Å². The van der Waals surface area contributed by atoms with Gasteiger partial charge in [0.15, 0.2) is 0 Å². The summed E-state index contributed by atoms with van der Waals surface area (Å²) < 4.78 is 0. The number of fused-ring (bicyclic) bond motifs is 1. The molecule has 4 rings (SSSR count). The fourth-order valence-corrected chi connectivity index (χ4v) is 3.67. The van der Waals surface area contributed by atoms with E-state index in [1.165, 1.54) is 16.3 Å². The summed E-state index contributed by atoms with van der Waals surface area (Å²) in [6.07, 6.45) is 1.03. The van der Waals surface area contributed by atoms with Crippen molar-refractivity contribution in [3.63, 3.8) is 0 Å². The molecule has 126 valence electrons. The van der Waals surface area contributed by atoms with E-state index in [0.29, 0.717) is 12.5 Å². The molecule has 3 aromatic rings. The first kappa shape index (κ1) is 15.7. The highest BCUT2D eigenvalue weighted by Gasteiger charge is 2.26. The standard InChI is InChI=1S/C22H22N2O/c25-22(24-14-13-20(16-24)17-7-2-1-3-8-17)23-15-19-11-6-10-18-9-4-5-12-21(18)19/h1-12,20H,13-16H2,(H,23,25). The quantitative estimate of drug-likeness (QED) is 0.751. The number of carbonyl (C=O) groups is 1. The van der Waals surface area contributed by atoms with Crippen molar-refractivity contribution in [2.75, 3.05) is 13.1 Å². The fourth-order valence-electron chi connectivity index (χ4n) is 3.67. The van der Waals surface area contributed by atoms with Gasteiger partial charge in [0.25, 0.3) is 0 Å². The Morgan fingerprint density at radius 3 is 2.60 bits per heavy atom. The average Bonchev–Trinajstić information content (AvgIpc) is 3.17. The van der Waals surface area contributed by atoms with Gasteiger partial charge in [-0.3, -0.25) is 0 Å². The first-order valence-corrected chi connectivity index (χ1v) is 8.85. The minimum Gasteiger partial charge on any atom is -0.334 e. The van der Waals surface area contributed by atoms with Crippen molar-refractivity contribution < 1.29 is 4.79 Å². The van der Waals surface area contributed by atoms with Crippen molar-refractivity contribution in [1.82, 2.24) is 10.2 Å². The van der Waals surface area contributed by atoms with E-state index in [4.69, 9.17) is 0 Å². The lowest BCUT2D eigenvalue weighted by Gasteiger charge is -2.18. The van der Waals surface area contributed by atoms with Crippen molar-refractivity contribution >= 4 is 16.8 Å². The molecule has 1 fully saturated rings. The Morgan fingerprint density at radius 2 is 1.72 bits per heavy atom. The van der Waals surface area contributed by atoms with Crippen LogP contribution in [0.3, 0.4) is 0 Å². The lowest BCUT2D eigenvalue weighted by atomic mass is 9.99. The molecular formula is C22H22N2O. The number of rotatable bonds is 3. The second-order valence-corrected chi connectivity index (χ2v) is 6.64. The Kier molecular flexibility index (Phi) is 4.38. The van der Waals surface area contributed by atoms with Crippen molar-refractivity contribution in [2.24, 2.45) is 0 Å². The summed E-state index contributed by atoms with van der Waals surface area (Å²) in [6, 6.07) is 25.0. The largest absolute Gasteiger partial charge is 0.334 e. The molecule has 3 heteroatoms. The van der Waals surface area contributed by atoms with Gasteiger partial charge in [-0.2, -0.15) is 0 Å². The van der Waals surface area contributed by atoms with Crippen LogP contribution in [-0.2, 0) is 6.54 Å². The molecule has 2 amide bonds. The molecule has 0 aromatic heterocycles. The van der Waals surface area contributed by atoms with Gasteiger partial charge in [0.05, 0.1) is 0 Å². The highest BCUT2D eigenvalue weighted by Crippen LogP contribution is 2.27. The molecule has 1 heterocycles. The number of urea groups is 1. The van der Waals surface area contributed by atoms with Crippen molar-refractivity contribution in [2.45, 2.75) is 18.9 Å². The number of benzene rings is 3. The fraction of sp³-hybridized carbons (Fsp3) is 0.227. The maximum Gasteiger partial charge on any atom is 0.317 e. The van der Waals surface area contributed by atoms with Gasteiger partial charge >= 0.3 is 6.03 Å². The second kappa shape index (κ2) is 6.98. The monoisotopic (exact) mass is 330 g/mol. The van der Waals surface area contributed by atoms with E-state index in [9.17, 15) is 4.79 Å². The van der Waals surface area contributed by atoms with E-state index in [1.807, 2.05) is 29.2 Å². The molecule has 0 saturated carbocycles. The summed E-state index contributed by atoms with van der Waals surface area (Å²) in [4.78, 5) is 14.5. The zero-order chi connectivity index (χ0) is 17.1. The highest BCUT2D eigenvalue weighted by atomic mass is 16.2. The third kappa shape index (κ3) is 3.36. The summed E-state index contributed by atoms with van der Waals surface area (Å²) in [7, 11) is 0. The first-order chi connectivity index (χ1) is 12.3. The van der Waals surface area contributed by atoms with Gasteiger partial charge < -0.3 is 10.2 Å². The molecule has 3 nitrogen and oxygen atoms in total. The van der Waals surface area contributed by atoms with Crippen LogP contribution in [0.1, 0.15) is 23.5 Å². The number of nitrogens with zero attached hydrogens (tertiary/aromatic N) is 1. The van der Waals surface area contributed by atoms with Crippen molar-refractivity contribution in [1.29, 1.82) is 0 Å². The maximum absolute atomic E-state index is 12.5. The normalized spacial score (nSPS) is 17.0. The van der Waals surface area contributed by atoms with E-state index in [1.54, 1.807) is 0 Å². The molecule has 0 spiro atoms. The number of nitrogens with one attached hydrogen (secondary N) is 1. The molecule has 3 aromatic carbocycles. The van der Waals surface area contributed by atoms with E-state index < -0.39 is 0 Å². The lowest BCUT2D eigenvalue weighted by Crippen LogP contribution is -2.38. The summed E-state index contributed by atoms with van der Waals surface area (Å²) in [5.74, 6) is 0.449.